The van der Waals surface area contributed by atoms with Gasteiger partial charge in [-0.1, -0.05) is 23.7 Å². The minimum absolute atomic E-state index is 0.234. The molecule has 2 heterocycles. The summed E-state index contributed by atoms with van der Waals surface area (Å²) in [5, 5.41) is 3.64. The van der Waals surface area contributed by atoms with Crippen molar-refractivity contribution in [1.82, 2.24) is 15.3 Å². The van der Waals surface area contributed by atoms with Crippen molar-refractivity contribution in [1.29, 1.82) is 0 Å². The van der Waals surface area contributed by atoms with Crippen molar-refractivity contribution in [2.24, 2.45) is 0 Å². The number of hydrogen-bond acceptors (Lipinski definition) is 4. The topological polar surface area (TPSA) is 64.1 Å². The molecular formula is C20H18ClN3O2. The minimum Gasteiger partial charge on any atom is -0.437 e. The molecule has 0 atom stereocenters. The van der Waals surface area contributed by atoms with Gasteiger partial charge in [0.05, 0.1) is 6.20 Å². The number of benzene rings is 1. The number of carbonyl (C=O) groups is 1. The molecule has 1 N–H and O–H groups in total. The standard InChI is InChI=1S/C20H18ClN3O2/c1-14-12-15(6-7-18(14)21)8-11-23-19(25)17-5-3-10-24-20(17)26-16-4-2-9-22-13-16/h2-7,9-10,12-13H,8,11H2,1H3,(H,23,25). The molecule has 0 unspecified atom stereocenters. The van der Waals surface area contributed by atoms with Crippen LogP contribution in [0.25, 0.3) is 0 Å². The molecule has 0 radical (unpaired) electrons. The van der Waals surface area contributed by atoms with E-state index in [1.807, 2.05) is 25.1 Å². The van der Waals surface area contributed by atoms with E-state index in [2.05, 4.69) is 15.3 Å². The quantitative estimate of drug-likeness (QED) is 0.709. The van der Waals surface area contributed by atoms with E-state index in [1.54, 1.807) is 42.9 Å². The summed E-state index contributed by atoms with van der Waals surface area (Å²) < 4.78 is 5.68. The second-order valence-electron chi connectivity index (χ2n) is 5.74. The maximum Gasteiger partial charge on any atom is 0.256 e. The van der Waals surface area contributed by atoms with Crippen molar-refractivity contribution >= 4 is 17.5 Å². The van der Waals surface area contributed by atoms with E-state index in [0.29, 0.717) is 24.3 Å². The summed E-state index contributed by atoms with van der Waals surface area (Å²) in [5.74, 6) is 0.542. The fourth-order valence-corrected chi connectivity index (χ4v) is 2.56. The molecule has 3 rings (SSSR count). The largest absolute Gasteiger partial charge is 0.437 e. The third-order valence-corrected chi connectivity index (χ3v) is 4.21. The Kier molecular flexibility index (Phi) is 5.81. The summed E-state index contributed by atoms with van der Waals surface area (Å²) in [6, 6.07) is 12.7. The number of nitrogens with one attached hydrogen (secondary N) is 1. The molecule has 0 saturated carbocycles. The van der Waals surface area contributed by atoms with Crippen LogP contribution in [0, 0.1) is 6.92 Å². The van der Waals surface area contributed by atoms with Crippen LogP contribution in [-0.4, -0.2) is 22.4 Å². The molecule has 1 amide bonds. The predicted molar refractivity (Wildman–Crippen MR) is 101 cm³/mol. The molecule has 5 nitrogen and oxygen atoms in total. The van der Waals surface area contributed by atoms with Crippen LogP contribution in [0.1, 0.15) is 21.5 Å². The second kappa shape index (κ2) is 8.45. The number of ether oxygens (including phenoxy) is 1. The van der Waals surface area contributed by atoms with Crippen LogP contribution in [-0.2, 0) is 6.42 Å². The summed E-state index contributed by atoms with van der Waals surface area (Å²) in [4.78, 5) is 20.6. The van der Waals surface area contributed by atoms with Crippen molar-refractivity contribution < 1.29 is 9.53 Å². The van der Waals surface area contributed by atoms with Crippen LogP contribution in [0.15, 0.2) is 61.1 Å². The number of amides is 1. The normalized spacial score (nSPS) is 10.4. The summed E-state index contributed by atoms with van der Waals surface area (Å²) in [5.41, 5.74) is 2.52. The lowest BCUT2D eigenvalue weighted by atomic mass is 10.1. The molecule has 6 heteroatoms. The number of pyridine rings is 2. The second-order valence-corrected chi connectivity index (χ2v) is 6.14. The number of carbonyl (C=O) groups excluding carboxylic acids is 1. The number of aromatic nitrogens is 2. The summed E-state index contributed by atoms with van der Waals surface area (Å²) in [6.45, 7) is 2.46. The van der Waals surface area contributed by atoms with Crippen LogP contribution < -0.4 is 10.1 Å². The molecule has 0 bridgehead atoms. The fraction of sp³-hybridized carbons (Fsp3) is 0.150. The van der Waals surface area contributed by atoms with Gasteiger partial charge < -0.3 is 10.1 Å². The van der Waals surface area contributed by atoms with Crippen molar-refractivity contribution in [2.45, 2.75) is 13.3 Å². The first-order chi connectivity index (χ1) is 12.6. The lowest BCUT2D eigenvalue weighted by molar-refractivity contribution is 0.0951. The molecule has 26 heavy (non-hydrogen) atoms. The first kappa shape index (κ1) is 17.9. The zero-order chi connectivity index (χ0) is 18.4. The molecule has 0 fully saturated rings. The molecule has 2 aromatic heterocycles. The van der Waals surface area contributed by atoms with Crippen LogP contribution in [0.5, 0.6) is 11.6 Å². The van der Waals surface area contributed by atoms with E-state index in [0.717, 1.165) is 16.1 Å². The number of halogens is 1. The van der Waals surface area contributed by atoms with Gasteiger partial charge in [-0.05, 0) is 54.8 Å². The third kappa shape index (κ3) is 4.58. The summed E-state index contributed by atoms with van der Waals surface area (Å²) >= 11 is 6.03. The zero-order valence-electron chi connectivity index (χ0n) is 14.3. The van der Waals surface area contributed by atoms with Gasteiger partial charge in [0, 0.05) is 24.0 Å². The van der Waals surface area contributed by atoms with Crippen LogP contribution >= 0.6 is 11.6 Å². The van der Waals surface area contributed by atoms with Gasteiger partial charge >= 0.3 is 0 Å². The lowest BCUT2D eigenvalue weighted by Gasteiger charge is -2.10. The van der Waals surface area contributed by atoms with Crippen LogP contribution in [0.4, 0.5) is 0 Å². The Morgan fingerprint density at radius 3 is 2.81 bits per heavy atom. The smallest absolute Gasteiger partial charge is 0.256 e. The SMILES string of the molecule is Cc1cc(CCNC(=O)c2cccnc2Oc2cccnc2)ccc1Cl. The van der Waals surface area contributed by atoms with E-state index in [9.17, 15) is 4.79 Å². The Morgan fingerprint density at radius 2 is 2.04 bits per heavy atom. The zero-order valence-corrected chi connectivity index (χ0v) is 15.0. The number of nitrogens with zero attached hydrogens (tertiary/aromatic N) is 2. The van der Waals surface area contributed by atoms with E-state index < -0.39 is 0 Å². The fourth-order valence-electron chi connectivity index (χ4n) is 2.44. The van der Waals surface area contributed by atoms with E-state index >= 15 is 0 Å². The monoisotopic (exact) mass is 367 g/mol. The molecule has 0 aliphatic heterocycles. The Labute approximate surface area is 157 Å². The van der Waals surface area contributed by atoms with Gasteiger partial charge in [0.1, 0.15) is 11.3 Å². The molecular weight excluding hydrogens is 350 g/mol. The predicted octanol–water partition coefficient (Wildman–Crippen LogP) is 4.20. The summed E-state index contributed by atoms with van der Waals surface area (Å²) in [6.07, 6.45) is 5.51. The average molecular weight is 368 g/mol. The molecule has 0 spiro atoms. The molecule has 132 valence electrons. The number of hydrogen-bond donors (Lipinski definition) is 1. The van der Waals surface area contributed by atoms with Crippen molar-refractivity contribution in [3.8, 4) is 11.6 Å². The highest BCUT2D eigenvalue weighted by molar-refractivity contribution is 6.31. The Balaban J connectivity index is 1.63. The van der Waals surface area contributed by atoms with Gasteiger partial charge in [-0.3, -0.25) is 9.78 Å². The highest BCUT2D eigenvalue weighted by Gasteiger charge is 2.14. The van der Waals surface area contributed by atoms with Gasteiger partial charge in [-0.2, -0.15) is 0 Å². The Hall–Kier alpha value is -2.92. The summed E-state index contributed by atoms with van der Waals surface area (Å²) in [7, 11) is 0. The maximum atomic E-state index is 12.5. The molecule has 1 aromatic carbocycles. The molecule has 0 saturated heterocycles. The highest BCUT2D eigenvalue weighted by Crippen LogP contribution is 2.22. The molecule has 3 aromatic rings. The minimum atomic E-state index is -0.234. The lowest BCUT2D eigenvalue weighted by Crippen LogP contribution is -2.26. The van der Waals surface area contributed by atoms with Gasteiger partial charge in [-0.25, -0.2) is 4.98 Å². The average Bonchev–Trinajstić information content (AvgIpc) is 2.66. The van der Waals surface area contributed by atoms with E-state index in [4.69, 9.17) is 16.3 Å². The van der Waals surface area contributed by atoms with E-state index in [-0.39, 0.29) is 11.8 Å². The Bertz CT molecular complexity index is 901. The van der Waals surface area contributed by atoms with Crippen molar-refractivity contribution in [3.05, 3.63) is 82.8 Å². The van der Waals surface area contributed by atoms with Gasteiger partial charge in [0.2, 0.25) is 5.88 Å². The van der Waals surface area contributed by atoms with Gasteiger partial charge in [-0.15, -0.1) is 0 Å². The molecule has 0 aliphatic rings. The van der Waals surface area contributed by atoms with Gasteiger partial charge in [0.25, 0.3) is 5.91 Å². The van der Waals surface area contributed by atoms with Crippen LogP contribution in [0.3, 0.4) is 0 Å². The third-order valence-electron chi connectivity index (χ3n) is 3.79. The maximum absolute atomic E-state index is 12.5. The highest BCUT2D eigenvalue weighted by atomic mass is 35.5. The first-order valence-electron chi connectivity index (χ1n) is 8.19. The van der Waals surface area contributed by atoms with E-state index in [1.165, 1.54) is 0 Å². The Morgan fingerprint density at radius 1 is 1.19 bits per heavy atom. The van der Waals surface area contributed by atoms with Crippen molar-refractivity contribution in [2.75, 3.05) is 6.54 Å². The van der Waals surface area contributed by atoms with Crippen molar-refractivity contribution in [3.63, 3.8) is 0 Å². The first-order valence-corrected chi connectivity index (χ1v) is 8.57. The number of rotatable bonds is 6. The molecule has 0 aliphatic carbocycles. The van der Waals surface area contributed by atoms with Crippen LogP contribution in [0.2, 0.25) is 5.02 Å². The van der Waals surface area contributed by atoms with Gasteiger partial charge in [0.15, 0.2) is 0 Å². The number of aryl methyl sites for hydroxylation is 1.